The van der Waals surface area contributed by atoms with E-state index >= 15 is 0 Å². The Hall–Kier alpha value is -1.63. The highest BCUT2D eigenvalue weighted by Crippen LogP contribution is 2.22. The van der Waals surface area contributed by atoms with Crippen LogP contribution < -0.4 is 0 Å². The van der Waals surface area contributed by atoms with Gasteiger partial charge in [0.2, 0.25) is 0 Å². The lowest BCUT2D eigenvalue weighted by Crippen LogP contribution is -2.49. The number of rotatable bonds is 5. The van der Waals surface area contributed by atoms with Crippen molar-refractivity contribution in [2.24, 2.45) is 5.92 Å². The standard InChI is InChI=1S/C7H10O7/c1-3(5(10)11)7(14,6(12)13)2-4(8)9/h3,14H,2H2,1H3,(H,8,9)(H,10,11)(H,12,13)/t3-,7+/m1/s1. The molecule has 0 fully saturated rings. The van der Waals surface area contributed by atoms with Gasteiger partial charge in [-0.05, 0) is 6.92 Å². The average Bonchev–Trinajstić information content (AvgIpc) is 2.00. The Kier molecular flexibility index (Phi) is 3.58. The van der Waals surface area contributed by atoms with E-state index in [2.05, 4.69) is 0 Å². The molecule has 0 heterocycles. The van der Waals surface area contributed by atoms with Gasteiger partial charge in [0.15, 0.2) is 5.60 Å². The minimum absolute atomic E-state index is 0.930. The van der Waals surface area contributed by atoms with Crippen molar-refractivity contribution in [3.05, 3.63) is 0 Å². The molecule has 7 nitrogen and oxygen atoms in total. The van der Waals surface area contributed by atoms with Crippen LogP contribution in [-0.2, 0) is 14.4 Å². The third-order valence-electron chi connectivity index (χ3n) is 1.88. The third-order valence-corrected chi connectivity index (χ3v) is 1.88. The lowest BCUT2D eigenvalue weighted by Gasteiger charge is -2.25. The van der Waals surface area contributed by atoms with Crippen LogP contribution in [0.3, 0.4) is 0 Å². The molecule has 0 saturated heterocycles. The molecule has 0 rings (SSSR count). The van der Waals surface area contributed by atoms with Crippen LogP contribution >= 0.6 is 0 Å². The van der Waals surface area contributed by atoms with Gasteiger partial charge in [0.1, 0.15) is 0 Å². The second kappa shape index (κ2) is 4.05. The molecule has 0 aromatic rings. The van der Waals surface area contributed by atoms with E-state index in [4.69, 9.17) is 15.3 Å². The van der Waals surface area contributed by atoms with Gasteiger partial charge in [0.25, 0.3) is 0 Å². The van der Waals surface area contributed by atoms with Gasteiger partial charge < -0.3 is 20.4 Å². The van der Waals surface area contributed by atoms with Crippen molar-refractivity contribution in [2.45, 2.75) is 18.9 Å². The van der Waals surface area contributed by atoms with Gasteiger partial charge >= 0.3 is 17.9 Å². The molecule has 0 aliphatic heterocycles. The van der Waals surface area contributed by atoms with E-state index in [1.54, 1.807) is 0 Å². The summed E-state index contributed by atoms with van der Waals surface area (Å²) in [4.78, 5) is 31.2. The van der Waals surface area contributed by atoms with E-state index in [0.717, 1.165) is 6.92 Å². The Bertz CT molecular complexity index is 271. The molecule has 80 valence electrons. The highest BCUT2D eigenvalue weighted by atomic mass is 16.4. The fraction of sp³-hybridized carbons (Fsp3) is 0.571. The van der Waals surface area contributed by atoms with Crippen molar-refractivity contribution in [1.29, 1.82) is 0 Å². The number of aliphatic hydroxyl groups is 1. The summed E-state index contributed by atoms with van der Waals surface area (Å²) >= 11 is 0. The molecule has 0 unspecified atom stereocenters. The summed E-state index contributed by atoms with van der Waals surface area (Å²) in [7, 11) is 0. The van der Waals surface area contributed by atoms with Gasteiger partial charge in [0.05, 0.1) is 12.3 Å². The molecule has 2 atom stereocenters. The summed E-state index contributed by atoms with van der Waals surface area (Å²) in [5.41, 5.74) is -2.78. The second-order valence-electron chi connectivity index (χ2n) is 2.86. The molecule has 0 aliphatic carbocycles. The third kappa shape index (κ3) is 2.43. The molecular formula is C7H10O7. The zero-order valence-corrected chi connectivity index (χ0v) is 7.30. The molecule has 0 amide bonds. The van der Waals surface area contributed by atoms with Crippen LogP contribution in [0.25, 0.3) is 0 Å². The molecule has 4 N–H and O–H groups in total. The van der Waals surface area contributed by atoms with Gasteiger partial charge in [-0.15, -0.1) is 0 Å². The van der Waals surface area contributed by atoms with Crippen LogP contribution in [0.4, 0.5) is 0 Å². The summed E-state index contributed by atoms with van der Waals surface area (Å²) in [5.74, 6) is -6.72. The first kappa shape index (κ1) is 12.4. The van der Waals surface area contributed by atoms with Crippen molar-refractivity contribution < 1.29 is 34.8 Å². The monoisotopic (exact) mass is 206 g/mol. The van der Waals surface area contributed by atoms with E-state index in [-0.39, 0.29) is 0 Å². The Balaban J connectivity index is 4.99. The van der Waals surface area contributed by atoms with Crippen LogP contribution in [0.1, 0.15) is 13.3 Å². The minimum Gasteiger partial charge on any atom is -0.481 e. The molecular weight excluding hydrogens is 196 g/mol. The lowest BCUT2D eigenvalue weighted by molar-refractivity contribution is -0.177. The van der Waals surface area contributed by atoms with Crippen LogP contribution in [0.2, 0.25) is 0 Å². The normalized spacial score (nSPS) is 16.7. The maximum atomic E-state index is 10.5. The van der Waals surface area contributed by atoms with Gasteiger partial charge in [-0.3, -0.25) is 9.59 Å². The van der Waals surface area contributed by atoms with E-state index in [1.165, 1.54) is 0 Å². The quantitative estimate of drug-likeness (QED) is 0.453. The van der Waals surface area contributed by atoms with E-state index in [0.29, 0.717) is 0 Å². The van der Waals surface area contributed by atoms with Crippen molar-refractivity contribution >= 4 is 17.9 Å². The Morgan fingerprint density at radius 2 is 1.64 bits per heavy atom. The van der Waals surface area contributed by atoms with Crippen molar-refractivity contribution in [3.63, 3.8) is 0 Å². The maximum absolute atomic E-state index is 10.5. The lowest BCUT2D eigenvalue weighted by atomic mass is 9.86. The molecule has 0 aliphatic rings. The molecule has 0 saturated carbocycles. The Morgan fingerprint density at radius 1 is 1.21 bits per heavy atom. The topological polar surface area (TPSA) is 132 Å². The van der Waals surface area contributed by atoms with Gasteiger partial charge in [-0.25, -0.2) is 4.79 Å². The Morgan fingerprint density at radius 3 is 1.86 bits per heavy atom. The summed E-state index contributed by atoms with van der Waals surface area (Å²) in [6.45, 7) is 0.930. The number of hydrogen-bond acceptors (Lipinski definition) is 4. The number of carboxylic acid groups (broad SMARTS) is 3. The number of carboxylic acids is 3. The molecule has 14 heavy (non-hydrogen) atoms. The molecule has 0 aromatic carbocycles. The van der Waals surface area contributed by atoms with Gasteiger partial charge in [-0.1, -0.05) is 0 Å². The van der Waals surface area contributed by atoms with Crippen molar-refractivity contribution in [3.8, 4) is 0 Å². The van der Waals surface area contributed by atoms with Crippen LogP contribution in [0.15, 0.2) is 0 Å². The predicted molar refractivity (Wildman–Crippen MR) is 41.6 cm³/mol. The summed E-state index contributed by atoms with van der Waals surface area (Å²) in [6.07, 6.45) is -1.16. The molecule has 0 aromatic heterocycles. The summed E-state index contributed by atoms with van der Waals surface area (Å²) in [6, 6.07) is 0. The summed E-state index contributed by atoms with van der Waals surface area (Å²) < 4.78 is 0. The van der Waals surface area contributed by atoms with E-state index in [1.807, 2.05) is 0 Å². The zero-order valence-electron chi connectivity index (χ0n) is 7.30. The number of carbonyl (C=O) groups is 3. The van der Waals surface area contributed by atoms with Gasteiger partial charge in [-0.2, -0.15) is 0 Å². The molecule has 0 radical (unpaired) electrons. The van der Waals surface area contributed by atoms with Crippen LogP contribution in [-0.4, -0.2) is 43.9 Å². The number of hydrogen-bond donors (Lipinski definition) is 4. The van der Waals surface area contributed by atoms with E-state index < -0.39 is 35.8 Å². The van der Waals surface area contributed by atoms with Crippen LogP contribution in [0, 0.1) is 5.92 Å². The molecule has 7 heteroatoms. The predicted octanol–water partition coefficient (Wildman–Crippen LogP) is -1.00. The average molecular weight is 206 g/mol. The Labute approximate surface area is 78.6 Å². The smallest absolute Gasteiger partial charge is 0.337 e. The summed E-state index contributed by atoms with van der Waals surface area (Å²) in [5, 5.41) is 34.6. The first-order chi connectivity index (χ1) is 6.21. The fourth-order valence-corrected chi connectivity index (χ4v) is 0.849. The molecule has 0 spiro atoms. The second-order valence-corrected chi connectivity index (χ2v) is 2.86. The minimum atomic E-state index is -2.78. The van der Waals surface area contributed by atoms with Gasteiger partial charge in [0, 0.05) is 0 Å². The van der Waals surface area contributed by atoms with Crippen LogP contribution in [0.5, 0.6) is 0 Å². The largest absolute Gasteiger partial charge is 0.481 e. The fourth-order valence-electron chi connectivity index (χ4n) is 0.849. The van der Waals surface area contributed by atoms with E-state index in [9.17, 15) is 19.5 Å². The van der Waals surface area contributed by atoms with Crippen molar-refractivity contribution in [2.75, 3.05) is 0 Å². The molecule has 0 bridgehead atoms. The first-order valence-electron chi connectivity index (χ1n) is 3.62. The highest BCUT2D eigenvalue weighted by molar-refractivity contribution is 5.89. The maximum Gasteiger partial charge on any atom is 0.337 e. The SMILES string of the molecule is C[C@H](C(=O)O)[C@@](O)(CC(=O)O)C(=O)O. The van der Waals surface area contributed by atoms with Crippen molar-refractivity contribution in [1.82, 2.24) is 0 Å². The number of aliphatic carboxylic acids is 3. The zero-order chi connectivity index (χ0) is 11.5. The highest BCUT2D eigenvalue weighted by Gasteiger charge is 2.47. The first-order valence-corrected chi connectivity index (χ1v) is 3.62.